The quantitative estimate of drug-likeness (QED) is 0.722. The van der Waals surface area contributed by atoms with Gasteiger partial charge in [0.25, 0.3) is 0 Å². The number of anilines is 3. The largest absolute Gasteiger partial charge is 0.337 e. The monoisotopic (exact) mass is 366 g/mol. The highest BCUT2D eigenvalue weighted by Gasteiger charge is 2.39. The maximum atomic E-state index is 4.82. The molecule has 142 valence electrons. The molecule has 0 spiro atoms. The SMILES string of the molecule is Cc1cc(Nc2nc(N3CCN(CC4(C)CC4)CC3)nn3cccc23)n[nH]1. The number of fused-ring (bicyclic) bond motifs is 1. The lowest BCUT2D eigenvalue weighted by atomic mass is 10.1. The van der Waals surface area contributed by atoms with Gasteiger partial charge in [-0.25, -0.2) is 4.52 Å². The second-order valence-electron chi connectivity index (χ2n) is 8.23. The fraction of sp³-hybridized carbons (Fsp3) is 0.526. The molecule has 0 bridgehead atoms. The van der Waals surface area contributed by atoms with Crippen LogP contribution in [0.25, 0.3) is 5.52 Å². The maximum Gasteiger partial charge on any atom is 0.245 e. The molecule has 2 fully saturated rings. The molecule has 0 amide bonds. The molecule has 4 heterocycles. The Labute approximate surface area is 158 Å². The van der Waals surface area contributed by atoms with Crippen molar-refractivity contribution in [1.82, 2.24) is 29.7 Å². The zero-order valence-corrected chi connectivity index (χ0v) is 15.9. The molecule has 8 heteroatoms. The first-order valence-corrected chi connectivity index (χ1v) is 9.70. The molecule has 8 nitrogen and oxygen atoms in total. The molecule has 3 aromatic heterocycles. The molecule has 2 N–H and O–H groups in total. The highest BCUT2D eigenvalue weighted by Crippen LogP contribution is 2.45. The van der Waals surface area contributed by atoms with Crippen LogP contribution in [0.5, 0.6) is 0 Å². The van der Waals surface area contributed by atoms with Crippen molar-refractivity contribution < 1.29 is 0 Å². The zero-order chi connectivity index (χ0) is 18.4. The van der Waals surface area contributed by atoms with Gasteiger partial charge in [-0.05, 0) is 37.3 Å². The fourth-order valence-electron chi connectivity index (χ4n) is 3.77. The number of nitrogens with zero attached hydrogens (tertiary/aromatic N) is 6. The topological polar surface area (TPSA) is 77.4 Å². The molecule has 1 aliphatic carbocycles. The summed E-state index contributed by atoms with van der Waals surface area (Å²) in [6.07, 6.45) is 4.72. The lowest BCUT2D eigenvalue weighted by Crippen LogP contribution is -2.48. The van der Waals surface area contributed by atoms with Crippen molar-refractivity contribution in [2.24, 2.45) is 5.41 Å². The van der Waals surface area contributed by atoms with E-state index in [9.17, 15) is 0 Å². The van der Waals surface area contributed by atoms with Crippen molar-refractivity contribution in [3.05, 3.63) is 30.1 Å². The summed E-state index contributed by atoms with van der Waals surface area (Å²) in [5.41, 5.74) is 2.53. The number of hydrogen-bond donors (Lipinski definition) is 2. The lowest BCUT2D eigenvalue weighted by Gasteiger charge is -2.36. The molecule has 5 rings (SSSR count). The van der Waals surface area contributed by atoms with Gasteiger partial charge in [0.1, 0.15) is 5.52 Å². The minimum Gasteiger partial charge on any atom is -0.337 e. The Hall–Kier alpha value is -2.61. The Morgan fingerprint density at radius 2 is 2.04 bits per heavy atom. The molecule has 27 heavy (non-hydrogen) atoms. The Balaban J connectivity index is 1.36. The molecular weight excluding hydrogens is 340 g/mol. The number of aromatic nitrogens is 5. The summed E-state index contributed by atoms with van der Waals surface area (Å²) in [6, 6.07) is 5.97. The van der Waals surface area contributed by atoms with E-state index in [1.165, 1.54) is 19.4 Å². The third kappa shape index (κ3) is 3.37. The van der Waals surface area contributed by atoms with E-state index in [0.717, 1.165) is 55.0 Å². The smallest absolute Gasteiger partial charge is 0.245 e. The van der Waals surface area contributed by atoms with Crippen molar-refractivity contribution in [3.63, 3.8) is 0 Å². The van der Waals surface area contributed by atoms with Crippen molar-refractivity contribution in [2.45, 2.75) is 26.7 Å². The van der Waals surface area contributed by atoms with Gasteiger partial charge in [0.2, 0.25) is 5.95 Å². The summed E-state index contributed by atoms with van der Waals surface area (Å²) >= 11 is 0. The minimum atomic E-state index is 0.571. The van der Waals surface area contributed by atoms with Crippen LogP contribution in [0.2, 0.25) is 0 Å². The third-order valence-electron chi connectivity index (χ3n) is 5.70. The highest BCUT2D eigenvalue weighted by molar-refractivity contribution is 5.73. The summed E-state index contributed by atoms with van der Waals surface area (Å²) < 4.78 is 1.89. The average Bonchev–Trinajstić information content (AvgIpc) is 3.05. The summed E-state index contributed by atoms with van der Waals surface area (Å²) in [6.45, 7) is 9.68. The van der Waals surface area contributed by atoms with Gasteiger partial charge in [0, 0.05) is 50.7 Å². The highest BCUT2D eigenvalue weighted by atomic mass is 15.4. The number of hydrogen-bond acceptors (Lipinski definition) is 6. The maximum absolute atomic E-state index is 4.82. The number of rotatable bonds is 5. The van der Waals surface area contributed by atoms with Gasteiger partial charge < -0.3 is 10.2 Å². The second-order valence-corrected chi connectivity index (χ2v) is 8.23. The van der Waals surface area contributed by atoms with E-state index < -0.39 is 0 Å². The average molecular weight is 366 g/mol. The molecule has 2 aliphatic rings. The number of aryl methyl sites for hydroxylation is 1. The zero-order valence-electron chi connectivity index (χ0n) is 15.9. The standard InChI is InChI=1S/C19H26N8/c1-14-12-16(23-22-14)20-17-15-4-3-7-27(15)24-18(21-17)26-10-8-25(9-11-26)13-19(2)5-6-19/h3-4,7,12H,5-6,8-11,13H2,1-2H3,(H2,20,21,22,23,24). The predicted molar refractivity (Wildman–Crippen MR) is 106 cm³/mol. The molecule has 0 radical (unpaired) electrons. The van der Waals surface area contributed by atoms with Gasteiger partial charge in [0.05, 0.1) is 0 Å². The number of piperazine rings is 1. The third-order valence-corrected chi connectivity index (χ3v) is 5.70. The van der Waals surface area contributed by atoms with E-state index in [2.05, 4.69) is 32.2 Å². The summed E-state index contributed by atoms with van der Waals surface area (Å²) in [7, 11) is 0. The van der Waals surface area contributed by atoms with Gasteiger partial charge in [-0.2, -0.15) is 10.1 Å². The molecule has 0 aromatic carbocycles. The van der Waals surface area contributed by atoms with Gasteiger partial charge in [-0.3, -0.25) is 10.00 Å². The van der Waals surface area contributed by atoms with Crippen LogP contribution in [0.4, 0.5) is 17.6 Å². The summed E-state index contributed by atoms with van der Waals surface area (Å²) in [5, 5.41) is 15.3. The number of aromatic amines is 1. The second kappa shape index (κ2) is 6.23. The molecule has 0 atom stereocenters. The van der Waals surface area contributed by atoms with Crippen LogP contribution < -0.4 is 10.2 Å². The van der Waals surface area contributed by atoms with Crippen molar-refractivity contribution in [1.29, 1.82) is 0 Å². The van der Waals surface area contributed by atoms with Crippen LogP contribution in [0.1, 0.15) is 25.5 Å². The van der Waals surface area contributed by atoms with E-state index in [-0.39, 0.29) is 0 Å². The Bertz CT molecular complexity index is 946. The van der Waals surface area contributed by atoms with Crippen LogP contribution >= 0.6 is 0 Å². The van der Waals surface area contributed by atoms with Crippen molar-refractivity contribution in [2.75, 3.05) is 42.9 Å². The summed E-state index contributed by atoms with van der Waals surface area (Å²) in [4.78, 5) is 9.69. The Kier molecular flexibility index (Phi) is 3.82. The van der Waals surface area contributed by atoms with Crippen LogP contribution in [-0.2, 0) is 0 Å². The van der Waals surface area contributed by atoms with Crippen LogP contribution in [0.3, 0.4) is 0 Å². The minimum absolute atomic E-state index is 0.571. The van der Waals surface area contributed by atoms with E-state index in [1.54, 1.807) is 0 Å². The first kappa shape index (κ1) is 16.6. The van der Waals surface area contributed by atoms with Crippen molar-refractivity contribution >= 4 is 23.1 Å². The molecule has 1 saturated carbocycles. The van der Waals surface area contributed by atoms with Gasteiger partial charge in [-0.1, -0.05) is 6.92 Å². The molecule has 0 unspecified atom stereocenters. The first-order valence-electron chi connectivity index (χ1n) is 9.70. The number of H-pyrrole nitrogens is 1. The van der Waals surface area contributed by atoms with Crippen LogP contribution in [-0.4, -0.2) is 62.4 Å². The lowest BCUT2D eigenvalue weighted by molar-refractivity contribution is 0.215. The molecule has 1 aliphatic heterocycles. The van der Waals surface area contributed by atoms with Crippen molar-refractivity contribution in [3.8, 4) is 0 Å². The van der Waals surface area contributed by atoms with Crippen LogP contribution in [0.15, 0.2) is 24.4 Å². The number of nitrogens with one attached hydrogen (secondary N) is 2. The molecule has 3 aromatic rings. The van der Waals surface area contributed by atoms with Gasteiger partial charge in [0.15, 0.2) is 11.6 Å². The van der Waals surface area contributed by atoms with E-state index in [0.29, 0.717) is 5.41 Å². The van der Waals surface area contributed by atoms with Gasteiger partial charge in [-0.15, -0.1) is 5.10 Å². The first-order chi connectivity index (χ1) is 13.1. The predicted octanol–water partition coefficient (Wildman–Crippen LogP) is 2.43. The normalized spacial score (nSPS) is 19.6. The summed E-state index contributed by atoms with van der Waals surface area (Å²) in [5.74, 6) is 2.32. The van der Waals surface area contributed by atoms with Crippen LogP contribution in [0, 0.1) is 12.3 Å². The van der Waals surface area contributed by atoms with E-state index >= 15 is 0 Å². The molecule has 1 saturated heterocycles. The van der Waals surface area contributed by atoms with E-state index in [1.807, 2.05) is 35.8 Å². The Morgan fingerprint density at radius 1 is 1.22 bits per heavy atom. The molecular formula is C19H26N8. The van der Waals surface area contributed by atoms with Gasteiger partial charge >= 0.3 is 0 Å². The van der Waals surface area contributed by atoms with E-state index in [4.69, 9.17) is 10.1 Å². The Morgan fingerprint density at radius 3 is 2.74 bits per heavy atom. The fourth-order valence-corrected chi connectivity index (χ4v) is 3.77.